The Hall–Kier alpha value is -2.36. The summed E-state index contributed by atoms with van der Waals surface area (Å²) in [4.78, 5) is 11.9. The smallest absolute Gasteiger partial charge is 0.247 e. The van der Waals surface area contributed by atoms with E-state index in [2.05, 4.69) is 5.32 Å². The molecule has 4 heteroatoms. The van der Waals surface area contributed by atoms with Crippen molar-refractivity contribution in [3.63, 3.8) is 0 Å². The zero-order chi connectivity index (χ0) is 14.8. The van der Waals surface area contributed by atoms with Crippen LogP contribution < -0.4 is 11.1 Å². The van der Waals surface area contributed by atoms with Gasteiger partial charge >= 0.3 is 0 Å². The van der Waals surface area contributed by atoms with E-state index in [0.717, 1.165) is 11.1 Å². The number of hydrogen-bond donors (Lipinski definition) is 2. The average Bonchev–Trinajstić information content (AvgIpc) is 2.42. The lowest BCUT2D eigenvalue weighted by molar-refractivity contribution is -0.122. The monoisotopic (exact) mass is 272 g/mol. The van der Waals surface area contributed by atoms with E-state index in [1.165, 1.54) is 12.1 Å². The van der Waals surface area contributed by atoms with Gasteiger partial charge in [0.05, 0.1) is 0 Å². The molecule has 2 aromatic rings. The van der Waals surface area contributed by atoms with Crippen molar-refractivity contribution >= 4 is 11.6 Å². The molecule has 0 heterocycles. The number of carbonyl (C=O) groups is 1. The van der Waals surface area contributed by atoms with Crippen LogP contribution in [0.25, 0.3) is 0 Å². The Balaban J connectivity index is 2.37. The topological polar surface area (TPSA) is 55.1 Å². The summed E-state index contributed by atoms with van der Waals surface area (Å²) in [5.74, 6) is -0.822. The summed E-state index contributed by atoms with van der Waals surface area (Å²) in [6.45, 7) is 3.68. The second-order valence-corrected chi connectivity index (χ2v) is 4.99. The summed E-state index contributed by atoms with van der Waals surface area (Å²) in [6.07, 6.45) is 0. The van der Waals surface area contributed by atoms with E-state index in [4.69, 9.17) is 5.73 Å². The van der Waals surface area contributed by atoms with Crippen LogP contribution in [0.2, 0.25) is 0 Å². The molecule has 0 aliphatic heterocycles. The summed E-state index contributed by atoms with van der Waals surface area (Å²) < 4.78 is 12.9. The fourth-order valence-corrected chi connectivity index (χ4v) is 1.98. The minimum Gasteiger partial charge on any atom is -0.368 e. The predicted octanol–water partition coefficient (Wildman–Crippen LogP) is 2.95. The second-order valence-electron chi connectivity index (χ2n) is 4.99. The number of aryl methyl sites for hydroxylation is 1. The standard InChI is InChI=1S/C16H17FN2O/c1-11-3-5-12(6-4-11)16(2,15(18)20)19-14-9-7-13(17)8-10-14/h3-10,19H,1-2H3,(H2,18,20). The first-order valence-corrected chi connectivity index (χ1v) is 6.32. The molecule has 0 aromatic heterocycles. The third-order valence-corrected chi connectivity index (χ3v) is 3.36. The summed E-state index contributed by atoms with van der Waals surface area (Å²) in [6, 6.07) is 13.4. The van der Waals surface area contributed by atoms with Gasteiger partial charge in [-0.25, -0.2) is 4.39 Å². The summed E-state index contributed by atoms with van der Waals surface area (Å²) in [5.41, 5.74) is 6.99. The van der Waals surface area contributed by atoms with Crippen LogP contribution in [0.4, 0.5) is 10.1 Å². The molecule has 2 aromatic carbocycles. The van der Waals surface area contributed by atoms with Crippen LogP contribution in [0.15, 0.2) is 48.5 Å². The van der Waals surface area contributed by atoms with Crippen LogP contribution >= 0.6 is 0 Å². The molecule has 3 nitrogen and oxygen atoms in total. The molecule has 0 spiro atoms. The van der Waals surface area contributed by atoms with Crippen LogP contribution in [0.5, 0.6) is 0 Å². The van der Waals surface area contributed by atoms with E-state index in [9.17, 15) is 9.18 Å². The van der Waals surface area contributed by atoms with Crippen molar-refractivity contribution in [2.24, 2.45) is 5.73 Å². The normalized spacial score (nSPS) is 13.6. The Kier molecular flexibility index (Phi) is 3.74. The van der Waals surface area contributed by atoms with Crippen LogP contribution in [0.1, 0.15) is 18.1 Å². The first-order chi connectivity index (χ1) is 9.41. The van der Waals surface area contributed by atoms with E-state index in [1.54, 1.807) is 19.1 Å². The Labute approximate surface area is 117 Å². The number of hydrogen-bond acceptors (Lipinski definition) is 2. The molecule has 0 saturated heterocycles. The largest absolute Gasteiger partial charge is 0.368 e. The molecule has 1 atom stereocenters. The van der Waals surface area contributed by atoms with E-state index in [-0.39, 0.29) is 5.82 Å². The molecule has 0 saturated carbocycles. The van der Waals surface area contributed by atoms with Crippen molar-refractivity contribution in [2.45, 2.75) is 19.4 Å². The molecule has 1 amide bonds. The SMILES string of the molecule is Cc1ccc(C(C)(Nc2ccc(F)cc2)C(N)=O)cc1. The molecule has 20 heavy (non-hydrogen) atoms. The lowest BCUT2D eigenvalue weighted by Crippen LogP contribution is -2.45. The Morgan fingerprint density at radius 3 is 2.15 bits per heavy atom. The number of nitrogens with two attached hydrogens (primary N) is 1. The highest BCUT2D eigenvalue weighted by Crippen LogP contribution is 2.26. The number of benzene rings is 2. The molecule has 2 rings (SSSR count). The molecule has 0 aliphatic carbocycles. The molecule has 0 radical (unpaired) electrons. The molecule has 0 bridgehead atoms. The lowest BCUT2D eigenvalue weighted by atomic mass is 9.90. The first-order valence-electron chi connectivity index (χ1n) is 6.32. The highest BCUT2D eigenvalue weighted by Gasteiger charge is 2.33. The predicted molar refractivity (Wildman–Crippen MR) is 77.7 cm³/mol. The maximum atomic E-state index is 12.9. The molecule has 0 aliphatic rings. The van der Waals surface area contributed by atoms with E-state index >= 15 is 0 Å². The Bertz CT molecular complexity index is 607. The van der Waals surface area contributed by atoms with Gasteiger partial charge in [-0.3, -0.25) is 4.79 Å². The highest BCUT2D eigenvalue weighted by atomic mass is 19.1. The van der Waals surface area contributed by atoms with Gasteiger partial charge in [0.2, 0.25) is 5.91 Å². The number of anilines is 1. The van der Waals surface area contributed by atoms with Gasteiger partial charge in [-0.2, -0.15) is 0 Å². The molecule has 104 valence electrons. The van der Waals surface area contributed by atoms with Gasteiger partial charge in [0.1, 0.15) is 11.4 Å². The fraction of sp³-hybridized carbons (Fsp3) is 0.188. The van der Waals surface area contributed by atoms with Crippen LogP contribution in [-0.2, 0) is 10.3 Å². The second kappa shape index (κ2) is 5.33. The molecular formula is C16H17FN2O. The Morgan fingerprint density at radius 1 is 1.10 bits per heavy atom. The van der Waals surface area contributed by atoms with Crippen LogP contribution in [0.3, 0.4) is 0 Å². The van der Waals surface area contributed by atoms with Crippen LogP contribution in [-0.4, -0.2) is 5.91 Å². The molecular weight excluding hydrogens is 255 g/mol. The van der Waals surface area contributed by atoms with Crippen molar-refractivity contribution in [1.29, 1.82) is 0 Å². The zero-order valence-electron chi connectivity index (χ0n) is 11.5. The minimum absolute atomic E-state index is 0.327. The number of halogens is 1. The summed E-state index contributed by atoms with van der Waals surface area (Å²) in [7, 11) is 0. The van der Waals surface area contributed by atoms with Gasteiger partial charge in [0.15, 0.2) is 0 Å². The maximum Gasteiger partial charge on any atom is 0.247 e. The van der Waals surface area contributed by atoms with Gasteiger partial charge in [-0.1, -0.05) is 29.8 Å². The number of nitrogens with one attached hydrogen (secondary N) is 1. The quantitative estimate of drug-likeness (QED) is 0.899. The average molecular weight is 272 g/mol. The van der Waals surface area contributed by atoms with Crippen molar-refractivity contribution in [3.8, 4) is 0 Å². The molecule has 3 N–H and O–H groups in total. The fourth-order valence-electron chi connectivity index (χ4n) is 1.98. The molecule has 1 unspecified atom stereocenters. The first kappa shape index (κ1) is 14.1. The van der Waals surface area contributed by atoms with Crippen molar-refractivity contribution < 1.29 is 9.18 Å². The maximum absolute atomic E-state index is 12.9. The zero-order valence-corrected chi connectivity index (χ0v) is 11.5. The molecule has 0 fully saturated rings. The number of carbonyl (C=O) groups excluding carboxylic acids is 1. The lowest BCUT2D eigenvalue weighted by Gasteiger charge is -2.29. The van der Waals surface area contributed by atoms with E-state index < -0.39 is 11.4 Å². The number of primary amides is 1. The highest BCUT2D eigenvalue weighted by molar-refractivity contribution is 5.89. The van der Waals surface area contributed by atoms with Crippen molar-refractivity contribution in [3.05, 3.63) is 65.5 Å². The third kappa shape index (κ3) is 2.79. The number of amides is 1. The minimum atomic E-state index is -1.05. The van der Waals surface area contributed by atoms with E-state index in [0.29, 0.717) is 5.69 Å². The summed E-state index contributed by atoms with van der Waals surface area (Å²) >= 11 is 0. The van der Waals surface area contributed by atoms with Gasteiger partial charge < -0.3 is 11.1 Å². The van der Waals surface area contributed by atoms with Crippen LogP contribution in [0, 0.1) is 12.7 Å². The third-order valence-electron chi connectivity index (χ3n) is 3.36. The Morgan fingerprint density at radius 2 is 1.65 bits per heavy atom. The van der Waals surface area contributed by atoms with Gasteiger partial charge in [-0.15, -0.1) is 0 Å². The van der Waals surface area contributed by atoms with Gasteiger partial charge in [-0.05, 0) is 43.7 Å². The van der Waals surface area contributed by atoms with Crippen molar-refractivity contribution in [2.75, 3.05) is 5.32 Å². The number of rotatable bonds is 4. The van der Waals surface area contributed by atoms with Crippen molar-refractivity contribution in [1.82, 2.24) is 0 Å². The van der Waals surface area contributed by atoms with E-state index in [1.807, 2.05) is 31.2 Å². The van der Waals surface area contributed by atoms with Gasteiger partial charge in [0, 0.05) is 5.69 Å². The van der Waals surface area contributed by atoms with Gasteiger partial charge in [0.25, 0.3) is 0 Å². The summed E-state index contributed by atoms with van der Waals surface area (Å²) in [5, 5.41) is 3.08.